The molecule has 56 valence electrons. The van der Waals surface area contributed by atoms with E-state index in [2.05, 4.69) is 9.47 Å². The van der Waals surface area contributed by atoms with Crippen LogP contribution >= 0.6 is 0 Å². The second kappa shape index (κ2) is 1.95. The summed E-state index contributed by atoms with van der Waals surface area (Å²) in [6, 6.07) is 0. The Bertz CT molecular complexity index is 168. The molecule has 1 saturated heterocycles. The van der Waals surface area contributed by atoms with Crippen molar-refractivity contribution in [3.8, 4) is 0 Å². The Morgan fingerprint density at radius 3 is 2.10 bits per heavy atom. The first-order valence-electron chi connectivity index (χ1n) is 2.72. The summed E-state index contributed by atoms with van der Waals surface area (Å²) in [6.45, 7) is 1.29. The second-order valence-electron chi connectivity index (χ2n) is 2.14. The van der Waals surface area contributed by atoms with Crippen LogP contribution < -0.4 is 5.73 Å². The molecule has 5 heteroatoms. The van der Waals surface area contributed by atoms with Gasteiger partial charge >= 0.3 is 17.8 Å². The minimum atomic E-state index is -1.58. The van der Waals surface area contributed by atoms with E-state index in [0.29, 0.717) is 0 Å². The van der Waals surface area contributed by atoms with Crippen LogP contribution in [0.3, 0.4) is 0 Å². The summed E-state index contributed by atoms with van der Waals surface area (Å²) in [5.74, 6) is -2.88. The van der Waals surface area contributed by atoms with E-state index < -0.39 is 17.8 Å². The Labute approximate surface area is 57.1 Å². The van der Waals surface area contributed by atoms with Gasteiger partial charge in [-0.25, -0.2) is 0 Å². The number of hydrogen-bond acceptors (Lipinski definition) is 5. The number of esters is 2. The van der Waals surface area contributed by atoms with Crippen molar-refractivity contribution >= 4 is 11.9 Å². The smallest absolute Gasteiger partial charge is 0.321 e. The third kappa shape index (κ3) is 1.44. The number of carbonyl (C=O) groups is 2. The highest BCUT2D eigenvalue weighted by Crippen LogP contribution is 2.13. The number of ether oxygens (including phenoxy) is 2. The van der Waals surface area contributed by atoms with E-state index in [-0.39, 0.29) is 6.42 Å². The highest BCUT2D eigenvalue weighted by Gasteiger charge is 2.34. The molecule has 10 heavy (non-hydrogen) atoms. The van der Waals surface area contributed by atoms with Crippen molar-refractivity contribution in [3.05, 3.63) is 0 Å². The van der Waals surface area contributed by atoms with Crippen molar-refractivity contribution in [2.75, 3.05) is 0 Å². The molecule has 0 unspecified atom stereocenters. The molecule has 2 N–H and O–H groups in total. The van der Waals surface area contributed by atoms with Gasteiger partial charge in [0.15, 0.2) is 0 Å². The van der Waals surface area contributed by atoms with Crippen LogP contribution in [-0.2, 0) is 19.1 Å². The highest BCUT2D eigenvalue weighted by atomic mass is 16.8. The Morgan fingerprint density at radius 1 is 1.40 bits per heavy atom. The Balaban J connectivity index is 2.68. The molecule has 5 nitrogen and oxygen atoms in total. The van der Waals surface area contributed by atoms with E-state index >= 15 is 0 Å². The van der Waals surface area contributed by atoms with E-state index in [1.165, 1.54) is 6.92 Å². The Kier molecular flexibility index (Phi) is 1.37. The van der Waals surface area contributed by atoms with Crippen molar-refractivity contribution in [1.82, 2.24) is 0 Å². The maximum Gasteiger partial charge on any atom is 0.321 e. The topological polar surface area (TPSA) is 78.6 Å². The monoisotopic (exact) mass is 145 g/mol. The minimum Gasteiger partial charge on any atom is -0.408 e. The standard InChI is InChI=1S/C5H7NO4/c1-5(6)9-3(7)2-4(8)10-5/h2,6H2,1H3. The third-order valence-electron chi connectivity index (χ3n) is 0.922. The first kappa shape index (κ1) is 7.01. The van der Waals surface area contributed by atoms with E-state index in [1.54, 1.807) is 0 Å². The third-order valence-corrected chi connectivity index (χ3v) is 0.922. The maximum atomic E-state index is 10.5. The summed E-state index contributed by atoms with van der Waals surface area (Å²) in [6.07, 6.45) is -0.354. The van der Waals surface area contributed by atoms with Crippen LogP contribution in [0.5, 0.6) is 0 Å². The zero-order valence-corrected chi connectivity index (χ0v) is 5.42. The van der Waals surface area contributed by atoms with Gasteiger partial charge in [-0.1, -0.05) is 0 Å². The van der Waals surface area contributed by atoms with Crippen LogP contribution in [0, 0.1) is 0 Å². The molecule has 0 atom stereocenters. The van der Waals surface area contributed by atoms with Gasteiger partial charge in [-0.15, -0.1) is 0 Å². The molecule has 1 rings (SSSR count). The zero-order chi connectivity index (χ0) is 7.78. The molecule has 0 spiro atoms. The lowest BCUT2D eigenvalue weighted by Gasteiger charge is -2.27. The van der Waals surface area contributed by atoms with Gasteiger partial charge in [0.1, 0.15) is 6.42 Å². The molecule has 1 aliphatic rings. The van der Waals surface area contributed by atoms with Crippen LogP contribution in [0.25, 0.3) is 0 Å². The van der Waals surface area contributed by atoms with Gasteiger partial charge in [-0.2, -0.15) is 0 Å². The summed E-state index contributed by atoms with van der Waals surface area (Å²) >= 11 is 0. The average molecular weight is 145 g/mol. The summed E-state index contributed by atoms with van der Waals surface area (Å²) in [5, 5.41) is 0. The van der Waals surface area contributed by atoms with Crippen LogP contribution in [0.4, 0.5) is 0 Å². The van der Waals surface area contributed by atoms with Gasteiger partial charge in [0.05, 0.1) is 0 Å². The minimum absolute atomic E-state index is 0.354. The molecule has 1 fully saturated rings. The molecular formula is C5H7NO4. The maximum absolute atomic E-state index is 10.5. The molecule has 0 aromatic heterocycles. The fourth-order valence-corrected chi connectivity index (χ4v) is 0.663. The fourth-order valence-electron chi connectivity index (χ4n) is 0.663. The number of carbonyl (C=O) groups excluding carboxylic acids is 2. The van der Waals surface area contributed by atoms with Crippen LogP contribution in [-0.4, -0.2) is 17.8 Å². The largest absolute Gasteiger partial charge is 0.408 e. The first-order chi connectivity index (χ1) is 4.49. The predicted molar refractivity (Wildman–Crippen MR) is 29.4 cm³/mol. The Hall–Kier alpha value is -1.10. The molecule has 0 bridgehead atoms. The summed E-state index contributed by atoms with van der Waals surface area (Å²) in [7, 11) is 0. The normalized spacial score (nSPS) is 23.4. The fraction of sp³-hybridized carbons (Fsp3) is 0.600. The lowest BCUT2D eigenvalue weighted by Crippen LogP contribution is -2.49. The molecule has 0 radical (unpaired) electrons. The molecule has 1 aliphatic heterocycles. The van der Waals surface area contributed by atoms with Crippen molar-refractivity contribution in [1.29, 1.82) is 0 Å². The molecular weight excluding hydrogens is 138 g/mol. The molecule has 0 saturated carbocycles. The number of rotatable bonds is 0. The number of cyclic esters (lactones) is 2. The van der Waals surface area contributed by atoms with Crippen molar-refractivity contribution < 1.29 is 19.1 Å². The molecule has 1 heterocycles. The lowest BCUT2D eigenvalue weighted by molar-refractivity contribution is -0.235. The number of nitrogens with two attached hydrogens (primary N) is 1. The van der Waals surface area contributed by atoms with Gasteiger partial charge in [-0.3, -0.25) is 15.3 Å². The SMILES string of the molecule is CC1(N)OC(=O)CC(=O)O1. The van der Waals surface area contributed by atoms with E-state index in [1.807, 2.05) is 0 Å². The molecule has 0 aromatic carbocycles. The molecule has 0 aliphatic carbocycles. The van der Waals surface area contributed by atoms with Crippen molar-refractivity contribution in [2.24, 2.45) is 5.73 Å². The van der Waals surface area contributed by atoms with Crippen molar-refractivity contribution in [2.45, 2.75) is 19.3 Å². The first-order valence-corrected chi connectivity index (χ1v) is 2.72. The molecule has 0 aromatic rings. The quantitative estimate of drug-likeness (QED) is 0.353. The van der Waals surface area contributed by atoms with Gasteiger partial charge in [0.25, 0.3) is 0 Å². The van der Waals surface area contributed by atoms with Crippen LogP contribution in [0.2, 0.25) is 0 Å². The van der Waals surface area contributed by atoms with Crippen LogP contribution in [0.1, 0.15) is 13.3 Å². The second-order valence-corrected chi connectivity index (χ2v) is 2.14. The van der Waals surface area contributed by atoms with Crippen molar-refractivity contribution in [3.63, 3.8) is 0 Å². The lowest BCUT2D eigenvalue weighted by atomic mass is 10.4. The molecule has 0 amide bonds. The van der Waals surface area contributed by atoms with Crippen LogP contribution in [0.15, 0.2) is 0 Å². The average Bonchev–Trinajstić information content (AvgIpc) is 1.54. The highest BCUT2D eigenvalue weighted by molar-refractivity contribution is 5.92. The Morgan fingerprint density at radius 2 is 1.80 bits per heavy atom. The van der Waals surface area contributed by atoms with Gasteiger partial charge in [-0.05, 0) is 0 Å². The summed E-state index contributed by atoms with van der Waals surface area (Å²) < 4.78 is 8.88. The summed E-state index contributed by atoms with van der Waals surface area (Å²) in [5.41, 5.74) is 5.17. The number of hydrogen-bond donors (Lipinski definition) is 1. The van der Waals surface area contributed by atoms with Gasteiger partial charge < -0.3 is 9.47 Å². The summed E-state index contributed by atoms with van der Waals surface area (Å²) in [4.78, 5) is 21.0. The van der Waals surface area contributed by atoms with Gasteiger partial charge in [0, 0.05) is 6.92 Å². The predicted octanol–water partition coefficient (Wildman–Crippen LogP) is -0.891. The zero-order valence-electron chi connectivity index (χ0n) is 5.42. The van der Waals surface area contributed by atoms with E-state index in [9.17, 15) is 9.59 Å². The van der Waals surface area contributed by atoms with Gasteiger partial charge in [0.2, 0.25) is 0 Å². The van der Waals surface area contributed by atoms with E-state index in [4.69, 9.17) is 5.73 Å². The van der Waals surface area contributed by atoms with E-state index in [0.717, 1.165) is 0 Å².